The van der Waals surface area contributed by atoms with Crippen molar-refractivity contribution in [3.05, 3.63) is 57.7 Å². The Hall–Kier alpha value is -2.27. The highest BCUT2D eigenvalue weighted by Gasteiger charge is 2.11. The summed E-state index contributed by atoms with van der Waals surface area (Å²) in [6, 6.07) is 10.5. The fraction of sp³-hybridized carbons (Fsp3) is 0.0769. The fourth-order valence-corrected chi connectivity index (χ4v) is 2.09. The summed E-state index contributed by atoms with van der Waals surface area (Å²) >= 11 is 6.05. The number of nitrogens with zero attached hydrogens (tertiary/aromatic N) is 2. The first-order chi connectivity index (χ1) is 9.15. The van der Waals surface area contributed by atoms with Crippen molar-refractivity contribution in [2.45, 2.75) is 6.54 Å². The van der Waals surface area contributed by atoms with Crippen molar-refractivity contribution in [3.63, 3.8) is 0 Å². The van der Waals surface area contributed by atoms with Gasteiger partial charge in [0.1, 0.15) is 5.82 Å². The van der Waals surface area contributed by atoms with Crippen LogP contribution in [0.5, 0.6) is 0 Å². The highest BCUT2D eigenvalue weighted by molar-refractivity contribution is 6.31. The molecule has 5 nitrogen and oxygen atoms in total. The lowest BCUT2D eigenvalue weighted by Gasteiger charge is -2.05. The molecule has 2 N–H and O–H groups in total. The molecule has 19 heavy (non-hydrogen) atoms. The Morgan fingerprint density at radius 2 is 2.05 bits per heavy atom. The van der Waals surface area contributed by atoms with Crippen molar-refractivity contribution in [3.8, 4) is 0 Å². The van der Waals surface area contributed by atoms with Crippen molar-refractivity contribution in [2.24, 2.45) is 0 Å². The van der Waals surface area contributed by atoms with Crippen molar-refractivity contribution >= 4 is 28.5 Å². The van der Waals surface area contributed by atoms with E-state index in [1.165, 1.54) is 4.57 Å². The predicted molar refractivity (Wildman–Crippen MR) is 73.2 cm³/mol. The third kappa shape index (κ3) is 2.08. The molecule has 0 radical (unpaired) electrons. The minimum Gasteiger partial charge on any atom is -0.408 e. The quantitative estimate of drug-likeness (QED) is 0.778. The normalized spacial score (nSPS) is 11.0. The average molecular weight is 276 g/mol. The van der Waals surface area contributed by atoms with E-state index in [9.17, 15) is 4.79 Å². The van der Waals surface area contributed by atoms with Gasteiger partial charge in [-0.3, -0.25) is 4.57 Å². The van der Waals surface area contributed by atoms with Crippen molar-refractivity contribution < 1.29 is 4.42 Å². The highest BCUT2D eigenvalue weighted by Crippen LogP contribution is 2.18. The van der Waals surface area contributed by atoms with E-state index in [0.29, 0.717) is 27.6 Å². The smallest absolute Gasteiger partial charge is 0.408 e. The van der Waals surface area contributed by atoms with E-state index in [1.54, 1.807) is 30.3 Å². The summed E-state index contributed by atoms with van der Waals surface area (Å²) in [5, 5.41) is 0.464. The number of halogens is 1. The number of rotatable bonds is 2. The molecule has 6 heteroatoms. The summed E-state index contributed by atoms with van der Waals surface area (Å²) in [6.45, 7) is 0.222. The first kappa shape index (κ1) is 11.8. The summed E-state index contributed by atoms with van der Waals surface area (Å²) in [7, 11) is 0. The maximum absolute atomic E-state index is 11.8. The van der Waals surface area contributed by atoms with Crippen molar-refractivity contribution in [2.75, 3.05) is 5.73 Å². The molecule has 0 atom stereocenters. The van der Waals surface area contributed by atoms with Crippen LogP contribution in [0.25, 0.3) is 11.1 Å². The van der Waals surface area contributed by atoms with E-state index in [0.717, 1.165) is 0 Å². The third-order valence-electron chi connectivity index (χ3n) is 2.82. The maximum atomic E-state index is 11.8. The van der Waals surface area contributed by atoms with Crippen LogP contribution in [-0.4, -0.2) is 9.55 Å². The number of hydrogen-bond acceptors (Lipinski definition) is 4. The van der Waals surface area contributed by atoms with Crippen LogP contribution in [0, 0.1) is 0 Å². The molecule has 3 aromatic rings. The van der Waals surface area contributed by atoms with Crippen LogP contribution >= 0.6 is 11.6 Å². The number of pyridine rings is 1. The zero-order valence-electron chi connectivity index (χ0n) is 9.84. The summed E-state index contributed by atoms with van der Waals surface area (Å²) in [5.74, 6) is -0.0817. The molecule has 3 rings (SSSR count). The predicted octanol–water partition coefficient (Wildman–Crippen LogP) is 2.27. The largest absolute Gasteiger partial charge is 0.420 e. The van der Waals surface area contributed by atoms with Crippen LogP contribution < -0.4 is 11.5 Å². The lowest BCUT2D eigenvalue weighted by Crippen LogP contribution is -2.16. The second-order valence-electron chi connectivity index (χ2n) is 4.09. The van der Waals surface area contributed by atoms with Crippen LogP contribution in [0.2, 0.25) is 5.02 Å². The van der Waals surface area contributed by atoms with Gasteiger partial charge in [0.2, 0.25) is 0 Å². The molecule has 0 spiro atoms. The number of nitrogen functional groups attached to an aromatic ring is 1. The van der Waals surface area contributed by atoms with E-state index in [-0.39, 0.29) is 6.54 Å². The molecule has 0 unspecified atom stereocenters. The maximum Gasteiger partial charge on any atom is 0.420 e. The van der Waals surface area contributed by atoms with Gasteiger partial charge in [0, 0.05) is 0 Å². The van der Waals surface area contributed by atoms with E-state index in [2.05, 4.69) is 4.98 Å². The zero-order chi connectivity index (χ0) is 13.4. The summed E-state index contributed by atoms with van der Waals surface area (Å²) in [6.07, 6.45) is 0. The minimum atomic E-state index is -0.443. The van der Waals surface area contributed by atoms with Crippen LogP contribution in [0.4, 0.5) is 5.82 Å². The van der Waals surface area contributed by atoms with Gasteiger partial charge in [0.05, 0.1) is 22.8 Å². The summed E-state index contributed by atoms with van der Waals surface area (Å²) < 4.78 is 6.62. The van der Waals surface area contributed by atoms with Crippen LogP contribution in [0.1, 0.15) is 5.69 Å². The molecular formula is C13H10ClN3O2. The Balaban J connectivity index is 2.13. The monoisotopic (exact) mass is 275 g/mol. The Labute approximate surface area is 113 Å². The van der Waals surface area contributed by atoms with Crippen LogP contribution in [0.15, 0.2) is 45.6 Å². The molecule has 0 bridgehead atoms. The van der Waals surface area contributed by atoms with Gasteiger partial charge in [-0.2, -0.15) is 0 Å². The summed E-state index contributed by atoms with van der Waals surface area (Å²) in [5.41, 5.74) is 7.40. The number of benzene rings is 1. The number of hydrogen-bond donors (Lipinski definition) is 1. The lowest BCUT2D eigenvalue weighted by atomic mass is 10.3. The van der Waals surface area contributed by atoms with Crippen molar-refractivity contribution in [1.82, 2.24) is 9.55 Å². The van der Waals surface area contributed by atoms with E-state index < -0.39 is 5.76 Å². The Bertz CT molecular complexity index is 807. The molecule has 96 valence electrons. The number of nitrogens with two attached hydrogens (primary N) is 1. The standard InChI is InChI=1S/C13H10ClN3O2/c14-8-5-6-12(15)16-9(8)7-17-10-3-1-2-4-11(10)19-13(17)18/h1-6H,7H2,(H2,15,16). The topological polar surface area (TPSA) is 74.0 Å². The average Bonchev–Trinajstić information content (AvgIpc) is 2.71. The van der Waals surface area contributed by atoms with Gasteiger partial charge in [0.15, 0.2) is 5.58 Å². The summed E-state index contributed by atoms with van der Waals surface area (Å²) in [4.78, 5) is 16.0. The first-order valence-corrected chi connectivity index (χ1v) is 6.02. The van der Waals surface area contributed by atoms with E-state index in [1.807, 2.05) is 6.07 Å². The number of anilines is 1. The SMILES string of the molecule is Nc1ccc(Cl)c(Cn2c(=O)oc3ccccc32)n1. The molecule has 0 amide bonds. The van der Waals surface area contributed by atoms with Gasteiger partial charge in [-0.15, -0.1) is 0 Å². The van der Waals surface area contributed by atoms with Crippen LogP contribution in [0.3, 0.4) is 0 Å². The molecule has 0 fully saturated rings. The van der Waals surface area contributed by atoms with Gasteiger partial charge in [-0.05, 0) is 24.3 Å². The van der Waals surface area contributed by atoms with Gasteiger partial charge in [0.25, 0.3) is 0 Å². The Kier molecular flexibility index (Phi) is 2.76. The number of aromatic nitrogens is 2. The van der Waals surface area contributed by atoms with Gasteiger partial charge in [-0.25, -0.2) is 9.78 Å². The molecule has 1 aromatic carbocycles. The Morgan fingerprint density at radius 1 is 1.26 bits per heavy atom. The highest BCUT2D eigenvalue weighted by atomic mass is 35.5. The molecule has 2 heterocycles. The fourth-order valence-electron chi connectivity index (χ4n) is 1.93. The van der Waals surface area contributed by atoms with Gasteiger partial charge >= 0.3 is 5.76 Å². The third-order valence-corrected chi connectivity index (χ3v) is 3.17. The number of oxazole rings is 1. The second kappa shape index (κ2) is 4.44. The van der Waals surface area contributed by atoms with Crippen LogP contribution in [-0.2, 0) is 6.54 Å². The lowest BCUT2D eigenvalue weighted by molar-refractivity contribution is 0.516. The molecular weight excluding hydrogens is 266 g/mol. The zero-order valence-corrected chi connectivity index (χ0v) is 10.6. The molecule has 0 aliphatic rings. The molecule has 0 aliphatic heterocycles. The van der Waals surface area contributed by atoms with E-state index in [4.69, 9.17) is 21.8 Å². The molecule has 0 saturated heterocycles. The van der Waals surface area contributed by atoms with Gasteiger partial charge < -0.3 is 10.2 Å². The minimum absolute atomic E-state index is 0.222. The van der Waals surface area contributed by atoms with Gasteiger partial charge in [-0.1, -0.05) is 23.7 Å². The number of para-hydroxylation sites is 2. The number of fused-ring (bicyclic) bond motifs is 1. The van der Waals surface area contributed by atoms with Crippen molar-refractivity contribution in [1.29, 1.82) is 0 Å². The Morgan fingerprint density at radius 3 is 2.89 bits per heavy atom. The molecule has 0 aliphatic carbocycles. The molecule has 0 saturated carbocycles. The van der Waals surface area contributed by atoms with E-state index >= 15 is 0 Å². The second-order valence-corrected chi connectivity index (χ2v) is 4.49. The first-order valence-electron chi connectivity index (χ1n) is 5.64. The molecule has 2 aromatic heterocycles.